The highest BCUT2D eigenvalue weighted by molar-refractivity contribution is 8.01. The SMILES string of the molecule is CCCSC(C)(C(=O)OC(C)(C)C12CC3CC(C)C1(C3)C(C)C2)C(C)C. The normalized spacial score (nSPS) is 40.9. The molecular weight excluding hydrogens is 340 g/mol. The zero-order valence-corrected chi connectivity index (χ0v) is 19.1. The molecule has 3 aliphatic rings. The monoisotopic (exact) mass is 380 g/mol. The van der Waals surface area contributed by atoms with Crippen LogP contribution in [0.15, 0.2) is 0 Å². The lowest BCUT2D eigenvalue weighted by molar-refractivity contribution is -0.255. The zero-order valence-electron chi connectivity index (χ0n) is 18.3. The molecule has 0 aromatic heterocycles. The molecule has 3 fully saturated rings. The van der Waals surface area contributed by atoms with E-state index in [4.69, 9.17) is 4.74 Å². The fourth-order valence-electron chi connectivity index (χ4n) is 7.24. The van der Waals surface area contributed by atoms with Crippen LogP contribution in [0.3, 0.4) is 0 Å². The van der Waals surface area contributed by atoms with E-state index in [0.29, 0.717) is 5.41 Å². The minimum atomic E-state index is -0.449. The molecule has 1 spiro atoms. The van der Waals surface area contributed by atoms with E-state index in [1.165, 1.54) is 25.7 Å². The first-order valence-electron chi connectivity index (χ1n) is 10.8. The van der Waals surface area contributed by atoms with Crippen molar-refractivity contribution in [3.8, 4) is 0 Å². The Labute approximate surface area is 165 Å². The van der Waals surface area contributed by atoms with Crippen LogP contribution < -0.4 is 0 Å². The molecule has 0 saturated heterocycles. The van der Waals surface area contributed by atoms with Gasteiger partial charge in [0.15, 0.2) is 0 Å². The number of thioether (sulfide) groups is 1. The van der Waals surface area contributed by atoms with Crippen molar-refractivity contribution in [3.63, 3.8) is 0 Å². The van der Waals surface area contributed by atoms with E-state index in [-0.39, 0.29) is 22.9 Å². The molecule has 6 atom stereocenters. The van der Waals surface area contributed by atoms with Crippen LogP contribution in [0.2, 0.25) is 0 Å². The highest BCUT2D eigenvalue weighted by atomic mass is 32.2. The Balaban J connectivity index is 1.84. The van der Waals surface area contributed by atoms with Gasteiger partial charge in [-0.2, -0.15) is 0 Å². The predicted molar refractivity (Wildman–Crippen MR) is 111 cm³/mol. The van der Waals surface area contributed by atoms with Gasteiger partial charge in [-0.15, -0.1) is 11.8 Å². The summed E-state index contributed by atoms with van der Waals surface area (Å²) < 4.78 is 6.01. The van der Waals surface area contributed by atoms with Gasteiger partial charge in [0.2, 0.25) is 0 Å². The number of esters is 1. The number of fused-ring (bicyclic) bond motifs is 1. The average Bonchev–Trinajstić information content (AvgIpc) is 3.02. The van der Waals surface area contributed by atoms with Crippen LogP contribution >= 0.6 is 11.8 Å². The molecule has 0 N–H and O–H groups in total. The van der Waals surface area contributed by atoms with Crippen molar-refractivity contribution in [2.45, 2.75) is 97.8 Å². The van der Waals surface area contributed by atoms with Gasteiger partial charge < -0.3 is 4.74 Å². The summed E-state index contributed by atoms with van der Waals surface area (Å²) in [7, 11) is 0. The molecular formula is C23H40O2S. The van der Waals surface area contributed by atoms with Crippen LogP contribution in [-0.4, -0.2) is 22.1 Å². The number of hydrogen-bond donors (Lipinski definition) is 0. The maximum Gasteiger partial charge on any atom is 0.322 e. The molecule has 6 unspecified atom stereocenters. The molecule has 0 aliphatic heterocycles. The lowest BCUT2D eigenvalue weighted by Gasteiger charge is -2.69. The molecule has 0 amide bonds. The highest BCUT2D eigenvalue weighted by Crippen LogP contribution is 2.82. The van der Waals surface area contributed by atoms with Gasteiger partial charge in [0.05, 0.1) is 0 Å². The smallest absolute Gasteiger partial charge is 0.322 e. The Morgan fingerprint density at radius 2 is 1.81 bits per heavy atom. The van der Waals surface area contributed by atoms with Crippen molar-refractivity contribution >= 4 is 17.7 Å². The van der Waals surface area contributed by atoms with Crippen LogP contribution in [0.25, 0.3) is 0 Å². The van der Waals surface area contributed by atoms with Gasteiger partial charge in [-0.1, -0.05) is 34.6 Å². The van der Waals surface area contributed by atoms with Crippen LogP contribution in [0.5, 0.6) is 0 Å². The third-order valence-electron chi connectivity index (χ3n) is 8.87. The first-order chi connectivity index (χ1) is 12.0. The van der Waals surface area contributed by atoms with Gasteiger partial charge in [-0.25, -0.2) is 0 Å². The van der Waals surface area contributed by atoms with Gasteiger partial charge in [-0.3, -0.25) is 4.79 Å². The van der Waals surface area contributed by atoms with E-state index in [1.54, 1.807) is 11.8 Å². The fourth-order valence-corrected chi connectivity index (χ4v) is 8.36. The summed E-state index contributed by atoms with van der Waals surface area (Å²) >= 11 is 1.78. The van der Waals surface area contributed by atoms with Gasteiger partial charge >= 0.3 is 5.97 Å². The van der Waals surface area contributed by atoms with Crippen molar-refractivity contribution in [1.82, 2.24) is 0 Å². The summed E-state index contributed by atoms with van der Waals surface area (Å²) in [6, 6.07) is 0. The van der Waals surface area contributed by atoms with E-state index in [0.717, 1.165) is 29.9 Å². The van der Waals surface area contributed by atoms with Crippen molar-refractivity contribution < 1.29 is 9.53 Å². The van der Waals surface area contributed by atoms with E-state index in [2.05, 4.69) is 55.4 Å². The summed E-state index contributed by atoms with van der Waals surface area (Å²) in [6.45, 7) is 17.9. The molecule has 0 aromatic rings. The molecule has 26 heavy (non-hydrogen) atoms. The highest BCUT2D eigenvalue weighted by Gasteiger charge is 2.78. The Morgan fingerprint density at radius 1 is 1.15 bits per heavy atom. The average molecular weight is 381 g/mol. The second-order valence-corrected chi connectivity index (χ2v) is 12.2. The number of carbonyl (C=O) groups is 1. The van der Waals surface area contributed by atoms with Crippen molar-refractivity contribution in [2.75, 3.05) is 5.75 Å². The Bertz CT molecular complexity index is 571. The number of rotatable bonds is 7. The third kappa shape index (κ3) is 2.47. The minimum absolute atomic E-state index is 0.00968. The molecule has 0 radical (unpaired) electrons. The second-order valence-electron chi connectivity index (χ2n) is 10.6. The Kier molecular flexibility index (Phi) is 5.08. The first-order valence-corrected chi connectivity index (χ1v) is 11.8. The maximum absolute atomic E-state index is 13.4. The van der Waals surface area contributed by atoms with E-state index in [9.17, 15) is 4.79 Å². The molecule has 0 aromatic carbocycles. The van der Waals surface area contributed by atoms with Gasteiger partial charge in [-0.05, 0) is 87.7 Å². The maximum atomic E-state index is 13.4. The summed E-state index contributed by atoms with van der Waals surface area (Å²) in [5.41, 5.74) is 0.236. The van der Waals surface area contributed by atoms with E-state index >= 15 is 0 Å². The summed E-state index contributed by atoms with van der Waals surface area (Å²) in [5.74, 6) is 3.68. The third-order valence-corrected chi connectivity index (χ3v) is 10.7. The second kappa shape index (κ2) is 6.42. The van der Waals surface area contributed by atoms with Crippen LogP contribution in [0.1, 0.15) is 87.5 Å². The lowest BCUT2D eigenvalue weighted by Crippen LogP contribution is -2.67. The van der Waals surface area contributed by atoms with Crippen LogP contribution in [-0.2, 0) is 9.53 Å². The Morgan fingerprint density at radius 3 is 2.31 bits per heavy atom. The molecule has 2 bridgehead atoms. The largest absolute Gasteiger partial charge is 0.458 e. The number of carbonyl (C=O) groups excluding carboxylic acids is 1. The molecule has 3 heteroatoms. The molecule has 3 saturated carbocycles. The number of ether oxygens (including phenoxy) is 1. The lowest BCUT2D eigenvalue weighted by atomic mass is 9.37. The van der Waals surface area contributed by atoms with E-state index in [1.807, 2.05) is 0 Å². The van der Waals surface area contributed by atoms with E-state index < -0.39 is 4.75 Å². The van der Waals surface area contributed by atoms with Crippen molar-refractivity contribution in [3.05, 3.63) is 0 Å². The molecule has 3 aliphatic carbocycles. The molecule has 0 heterocycles. The topological polar surface area (TPSA) is 26.3 Å². The predicted octanol–water partition coefficient (Wildman–Crippen LogP) is 6.33. The van der Waals surface area contributed by atoms with Crippen molar-refractivity contribution in [2.24, 2.45) is 34.5 Å². The van der Waals surface area contributed by atoms with Crippen LogP contribution in [0.4, 0.5) is 0 Å². The summed E-state index contributed by atoms with van der Waals surface area (Å²) in [6.07, 6.45) is 6.33. The number of hydrogen-bond acceptors (Lipinski definition) is 3. The van der Waals surface area contributed by atoms with Gasteiger partial charge in [0.25, 0.3) is 0 Å². The standard InChI is InChI=1S/C23H40O2S/c1-9-10-26-21(8,15(2)3)19(24)25-20(6,7)22-12-17(5)23(22)14-18(13-22)11-16(23)4/h15-18H,9-14H2,1-8H3. The first kappa shape index (κ1) is 20.6. The zero-order chi connectivity index (χ0) is 19.5. The quantitative estimate of drug-likeness (QED) is 0.483. The minimum Gasteiger partial charge on any atom is -0.458 e. The van der Waals surface area contributed by atoms with Crippen LogP contribution in [0, 0.1) is 34.5 Å². The van der Waals surface area contributed by atoms with Crippen molar-refractivity contribution in [1.29, 1.82) is 0 Å². The Hall–Kier alpha value is -0.180. The fraction of sp³-hybridized carbons (Fsp3) is 0.957. The molecule has 3 rings (SSSR count). The summed E-state index contributed by atoms with van der Waals surface area (Å²) in [4.78, 5) is 13.4. The summed E-state index contributed by atoms with van der Waals surface area (Å²) in [5, 5.41) is 0. The van der Waals surface area contributed by atoms with Gasteiger partial charge in [0.1, 0.15) is 10.3 Å². The molecule has 2 nitrogen and oxygen atoms in total. The molecule has 150 valence electrons. The van der Waals surface area contributed by atoms with Gasteiger partial charge in [0, 0.05) is 5.41 Å².